The minimum Gasteiger partial charge on any atom is -0.373 e. The molecule has 2 nitrogen and oxygen atoms in total. The highest BCUT2D eigenvalue weighted by molar-refractivity contribution is 5.76. The van der Waals surface area contributed by atoms with Crippen LogP contribution in [0.15, 0.2) is 24.3 Å². The number of hydrogen-bond acceptors (Lipinski definition) is 2. The molecule has 0 fully saturated rings. The number of Topliss-reactive ketones (excluding diaryl/α,β-unsaturated/α-hetero) is 1. The van der Waals surface area contributed by atoms with Gasteiger partial charge in [-0.15, -0.1) is 0 Å². The molecule has 0 unspecified atom stereocenters. The van der Waals surface area contributed by atoms with Crippen molar-refractivity contribution in [1.29, 1.82) is 0 Å². The maximum Gasteiger partial charge on any atom is 0.155 e. The predicted octanol–water partition coefficient (Wildman–Crippen LogP) is 2.14. The van der Waals surface area contributed by atoms with Crippen LogP contribution in [-0.2, 0) is 16.0 Å². The van der Waals surface area contributed by atoms with Crippen LogP contribution >= 0.6 is 0 Å². The fourth-order valence-electron chi connectivity index (χ4n) is 1.29. The highest BCUT2D eigenvalue weighted by Crippen LogP contribution is 2.07. The van der Waals surface area contributed by atoms with E-state index in [-0.39, 0.29) is 12.4 Å². The summed E-state index contributed by atoms with van der Waals surface area (Å²) in [4.78, 5) is 10.6. The van der Waals surface area contributed by atoms with Crippen LogP contribution in [0.1, 0.15) is 18.1 Å². The van der Waals surface area contributed by atoms with Gasteiger partial charge in [-0.2, -0.15) is 0 Å². The lowest BCUT2D eigenvalue weighted by Crippen LogP contribution is -2.07. The van der Waals surface area contributed by atoms with Crippen molar-refractivity contribution in [2.24, 2.45) is 0 Å². The number of benzene rings is 1. The normalized spacial score (nSPS) is 10.1. The van der Waals surface area contributed by atoms with Crippen molar-refractivity contribution in [3.63, 3.8) is 0 Å². The van der Waals surface area contributed by atoms with Crippen molar-refractivity contribution >= 4 is 5.78 Å². The molecule has 76 valence electrons. The smallest absolute Gasteiger partial charge is 0.155 e. The first-order valence-corrected chi connectivity index (χ1v) is 4.82. The molecular formula is C12H16O2. The second-order valence-corrected chi connectivity index (χ2v) is 3.43. The fraction of sp³-hybridized carbons (Fsp3) is 0.417. The first kappa shape index (κ1) is 10.9. The number of rotatable bonds is 5. The molecule has 0 aromatic heterocycles. The first-order chi connectivity index (χ1) is 6.70. The molecule has 0 spiro atoms. The van der Waals surface area contributed by atoms with Crippen LogP contribution in [0.3, 0.4) is 0 Å². The monoisotopic (exact) mass is 192 g/mol. The Labute approximate surface area is 84.9 Å². The summed E-state index contributed by atoms with van der Waals surface area (Å²) >= 11 is 0. The maximum atomic E-state index is 10.6. The van der Waals surface area contributed by atoms with Gasteiger partial charge in [0.15, 0.2) is 5.78 Å². The number of ether oxygens (including phenoxy) is 1. The molecule has 0 radical (unpaired) electrons. The van der Waals surface area contributed by atoms with Gasteiger partial charge in [-0.05, 0) is 31.4 Å². The second-order valence-electron chi connectivity index (χ2n) is 3.43. The van der Waals surface area contributed by atoms with E-state index in [4.69, 9.17) is 4.74 Å². The summed E-state index contributed by atoms with van der Waals surface area (Å²) in [6.45, 7) is 4.46. The zero-order valence-electron chi connectivity index (χ0n) is 8.75. The summed E-state index contributed by atoms with van der Waals surface area (Å²) in [7, 11) is 0. The van der Waals surface area contributed by atoms with E-state index in [0.29, 0.717) is 6.61 Å². The van der Waals surface area contributed by atoms with E-state index >= 15 is 0 Å². The lowest BCUT2D eigenvalue weighted by Gasteiger charge is -2.05. The van der Waals surface area contributed by atoms with E-state index in [1.54, 1.807) is 0 Å². The van der Waals surface area contributed by atoms with Gasteiger partial charge < -0.3 is 4.74 Å². The highest BCUT2D eigenvalue weighted by Gasteiger charge is 1.97. The minimum absolute atomic E-state index is 0.0785. The van der Waals surface area contributed by atoms with Crippen molar-refractivity contribution in [2.75, 3.05) is 13.2 Å². The number of aryl methyl sites for hydroxylation is 1. The van der Waals surface area contributed by atoms with Gasteiger partial charge in [0.2, 0.25) is 0 Å². The van der Waals surface area contributed by atoms with E-state index in [1.165, 1.54) is 18.1 Å². The van der Waals surface area contributed by atoms with Crippen LogP contribution in [0.5, 0.6) is 0 Å². The van der Waals surface area contributed by atoms with Crippen molar-refractivity contribution < 1.29 is 9.53 Å². The van der Waals surface area contributed by atoms with Gasteiger partial charge in [-0.25, -0.2) is 0 Å². The van der Waals surface area contributed by atoms with E-state index in [1.807, 2.05) is 12.1 Å². The molecule has 2 heteroatoms. The Bertz CT molecular complexity index is 305. The Kier molecular flexibility index (Phi) is 4.33. The third-order valence-corrected chi connectivity index (χ3v) is 2.08. The molecular weight excluding hydrogens is 176 g/mol. The number of ketones is 1. The Morgan fingerprint density at radius 2 is 2.07 bits per heavy atom. The lowest BCUT2D eigenvalue weighted by atomic mass is 10.1. The summed E-state index contributed by atoms with van der Waals surface area (Å²) in [6.07, 6.45) is 0.875. The molecule has 14 heavy (non-hydrogen) atoms. The number of hydrogen-bond donors (Lipinski definition) is 0. The SMILES string of the molecule is CC(=O)COCCc1ccccc1C. The zero-order chi connectivity index (χ0) is 10.4. The Balaban J connectivity index is 2.31. The average molecular weight is 192 g/mol. The molecule has 0 atom stereocenters. The molecule has 1 rings (SSSR count). The third kappa shape index (κ3) is 3.71. The topological polar surface area (TPSA) is 26.3 Å². The van der Waals surface area contributed by atoms with E-state index in [0.717, 1.165) is 6.42 Å². The van der Waals surface area contributed by atoms with E-state index in [2.05, 4.69) is 19.1 Å². The predicted molar refractivity (Wildman–Crippen MR) is 56.4 cm³/mol. The summed E-state index contributed by atoms with van der Waals surface area (Å²) < 4.78 is 5.20. The Morgan fingerprint density at radius 3 is 2.71 bits per heavy atom. The molecule has 0 amide bonds. The molecule has 0 aliphatic carbocycles. The van der Waals surface area contributed by atoms with Gasteiger partial charge in [0.1, 0.15) is 6.61 Å². The van der Waals surface area contributed by atoms with Crippen LogP contribution in [0.4, 0.5) is 0 Å². The Hall–Kier alpha value is -1.15. The van der Waals surface area contributed by atoms with Gasteiger partial charge in [0, 0.05) is 0 Å². The molecule has 0 bridgehead atoms. The van der Waals surface area contributed by atoms with Gasteiger partial charge >= 0.3 is 0 Å². The number of carbonyl (C=O) groups is 1. The molecule has 0 aliphatic heterocycles. The summed E-state index contributed by atoms with van der Waals surface area (Å²) in [5.74, 6) is 0.0785. The second kappa shape index (κ2) is 5.55. The fourth-order valence-corrected chi connectivity index (χ4v) is 1.29. The van der Waals surface area contributed by atoms with Crippen LogP contribution < -0.4 is 0 Å². The molecule has 0 saturated carbocycles. The molecule has 1 aromatic rings. The lowest BCUT2D eigenvalue weighted by molar-refractivity contribution is -0.121. The van der Waals surface area contributed by atoms with Gasteiger partial charge in [0.05, 0.1) is 6.61 Å². The Morgan fingerprint density at radius 1 is 1.36 bits per heavy atom. The molecule has 0 aliphatic rings. The van der Waals surface area contributed by atoms with Crippen molar-refractivity contribution in [3.05, 3.63) is 35.4 Å². The van der Waals surface area contributed by atoms with Gasteiger partial charge in [-0.3, -0.25) is 4.79 Å². The highest BCUT2D eigenvalue weighted by atomic mass is 16.5. The van der Waals surface area contributed by atoms with E-state index < -0.39 is 0 Å². The van der Waals surface area contributed by atoms with Crippen LogP contribution in [0.25, 0.3) is 0 Å². The van der Waals surface area contributed by atoms with Crippen LogP contribution in [-0.4, -0.2) is 19.0 Å². The van der Waals surface area contributed by atoms with Gasteiger partial charge in [-0.1, -0.05) is 24.3 Å². The molecule has 0 saturated heterocycles. The zero-order valence-corrected chi connectivity index (χ0v) is 8.75. The van der Waals surface area contributed by atoms with E-state index in [9.17, 15) is 4.79 Å². The summed E-state index contributed by atoms with van der Waals surface area (Å²) in [5.41, 5.74) is 2.56. The third-order valence-electron chi connectivity index (χ3n) is 2.08. The van der Waals surface area contributed by atoms with Crippen molar-refractivity contribution in [1.82, 2.24) is 0 Å². The molecule has 1 aromatic carbocycles. The van der Waals surface area contributed by atoms with Crippen molar-refractivity contribution in [2.45, 2.75) is 20.3 Å². The minimum atomic E-state index is 0.0785. The van der Waals surface area contributed by atoms with Crippen LogP contribution in [0.2, 0.25) is 0 Å². The standard InChI is InChI=1S/C12H16O2/c1-10-5-3-4-6-12(10)7-8-14-9-11(2)13/h3-6H,7-9H2,1-2H3. The molecule has 0 heterocycles. The average Bonchev–Trinajstić information content (AvgIpc) is 2.15. The summed E-state index contributed by atoms with van der Waals surface area (Å²) in [5, 5.41) is 0. The largest absolute Gasteiger partial charge is 0.373 e. The first-order valence-electron chi connectivity index (χ1n) is 4.82. The van der Waals surface area contributed by atoms with Gasteiger partial charge in [0.25, 0.3) is 0 Å². The molecule has 0 N–H and O–H groups in total. The van der Waals surface area contributed by atoms with Crippen LogP contribution in [0, 0.1) is 6.92 Å². The quantitative estimate of drug-likeness (QED) is 0.668. The van der Waals surface area contributed by atoms with Crippen molar-refractivity contribution in [3.8, 4) is 0 Å². The maximum absolute atomic E-state index is 10.6. The summed E-state index contributed by atoms with van der Waals surface area (Å²) in [6, 6.07) is 8.22. The number of carbonyl (C=O) groups excluding carboxylic acids is 1.